The minimum atomic E-state index is -0.125. The quantitative estimate of drug-likeness (QED) is 0.211. The first kappa shape index (κ1) is 21.4. The number of carbonyl (C=O) groups excluding carboxylic acids is 1. The predicted octanol–water partition coefficient (Wildman–Crippen LogP) is 1.88. The molecule has 130 valence electrons. The number of hydrogen-bond acceptors (Lipinski definition) is 4. The second kappa shape index (κ2) is 12.9. The molecule has 1 atom stereocenters. The third-order valence-electron chi connectivity index (χ3n) is 3.77. The summed E-state index contributed by atoms with van der Waals surface area (Å²) >= 11 is 0. The third-order valence-corrected chi connectivity index (χ3v) is 3.77. The predicted molar refractivity (Wildman–Crippen MR) is 98.8 cm³/mol. The van der Waals surface area contributed by atoms with Gasteiger partial charge in [0.05, 0.1) is 13.7 Å². The number of rotatable bonds is 8. The Morgan fingerprint density at radius 2 is 2.09 bits per heavy atom. The van der Waals surface area contributed by atoms with Crippen LogP contribution in [0.25, 0.3) is 0 Å². The highest BCUT2D eigenvalue weighted by Crippen LogP contribution is 2.16. The van der Waals surface area contributed by atoms with E-state index in [9.17, 15) is 4.79 Å². The topological polar surface area (TPSA) is 63.2 Å². The lowest BCUT2D eigenvalue weighted by molar-refractivity contribution is -0.140. The van der Waals surface area contributed by atoms with Crippen LogP contribution >= 0.6 is 24.0 Å². The number of halogens is 1. The molecule has 0 bridgehead atoms. The molecule has 22 heavy (non-hydrogen) atoms. The van der Waals surface area contributed by atoms with Gasteiger partial charge < -0.3 is 19.7 Å². The Labute approximate surface area is 151 Å². The van der Waals surface area contributed by atoms with E-state index in [4.69, 9.17) is 4.74 Å². The molecule has 1 unspecified atom stereocenters. The van der Waals surface area contributed by atoms with Gasteiger partial charge >= 0.3 is 5.97 Å². The van der Waals surface area contributed by atoms with Crippen LogP contribution in [-0.2, 0) is 14.3 Å². The maximum atomic E-state index is 11.0. The summed E-state index contributed by atoms with van der Waals surface area (Å²) < 4.78 is 9.84. The Kier molecular flexibility index (Phi) is 12.6. The van der Waals surface area contributed by atoms with Gasteiger partial charge in [0.1, 0.15) is 0 Å². The Morgan fingerprint density at radius 3 is 2.73 bits per heavy atom. The number of guanidine groups is 1. The number of likely N-dealkylation sites (tertiary alicyclic amines) is 1. The first-order valence-electron chi connectivity index (χ1n) is 7.72. The highest BCUT2D eigenvalue weighted by atomic mass is 127. The molecule has 1 aliphatic heterocycles. The van der Waals surface area contributed by atoms with Gasteiger partial charge in [0.25, 0.3) is 0 Å². The maximum Gasteiger partial charge on any atom is 0.305 e. The molecule has 0 aromatic rings. The van der Waals surface area contributed by atoms with E-state index in [2.05, 4.69) is 19.9 Å². The number of esters is 1. The third kappa shape index (κ3) is 8.17. The average molecular weight is 427 g/mol. The normalized spacial score (nSPS) is 18.0. The zero-order valence-electron chi connectivity index (χ0n) is 14.0. The molecule has 0 aromatic carbocycles. The number of nitrogens with zero attached hydrogens (tertiary/aromatic N) is 2. The molecule has 0 aromatic heterocycles. The van der Waals surface area contributed by atoms with Crippen molar-refractivity contribution in [1.29, 1.82) is 0 Å². The van der Waals surface area contributed by atoms with Crippen LogP contribution in [0.4, 0.5) is 0 Å². The minimum absolute atomic E-state index is 0. The average Bonchev–Trinajstić information content (AvgIpc) is 2.95. The van der Waals surface area contributed by atoms with Crippen molar-refractivity contribution in [3.63, 3.8) is 0 Å². The smallest absolute Gasteiger partial charge is 0.305 e. The fourth-order valence-corrected chi connectivity index (χ4v) is 2.60. The van der Waals surface area contributed by atoms with Gasteiger partial charge in [0, 0.05) is 46.1 Å². The highest BCUT2D eigenvalue weighted by molar-refractivity contribution is 14.0. The molecule has 0 amide bonds. The largest absolute Gasteiger partial charge is 0.469 e. The van der Waals surface area contributed by atoms with Gasteiger partial charge in [0.15, 0.2) is 5.96 Å². The summed E-state index contributed by atoms with van der Waals surface area (Å²) in [5.41, 5.74) is 0. The van der Waals surface area contributed by atoms with Crippen molar-refractivity contribution in [2.24, 2.45) is 10.9 Å². The number of nitrogens with one attached hydrogen (secondary N) is 1. The summed E-state index contributed by atoms with van der Waals surface area (Å²) in [5, 5.41) is 3.40. The Morgan fingerprint density at radius 1 is 1.32 bits per heavy atom. The van der Waals surface area contributed by atoms with Crippen molar-refractivity contribution in [2.45, 2.75) is 32.1 Å². The fraction of sp³-hybridized carbons (Fsp3) is 0.867. The molecule has 0 spiro atoms. The van der Waals surface area contributed by atoms with Gasteiger partial charge in [-0.1, -0.05) is 6.42 Å². The van der Waals surface area contributed by atoms with Gasteiger partial charge in [-0.05, 0) is 19.3 Å². The molecule has 6 nitrogen and oxygen atoms in total. The van der Waals surface area contributed by atoms with E-state index in [-0.39, 0.29) is 29.9 Å². The molecule has 1 fully saturated rings. The van der Waals surface area contributed by atoms with Crippen LogP contribution in [0.5, 0.6) is 0 Å². The first-order valence-corrected chi connectivity index (χ1v) is 7.72. The van der Waals surface area contributed by atoms with E-state index >= 15 is 0 Å². The van der Waals surface area contributed by atoms with Gasteiger partial charge in [-0.25, -0.2) is 0 Å². The zero-order chi connectivity index (χ0) is 15.5. The highest BCUT2D eigenvalue weighted by Gasteiger charge is 2.24. The van der Waals surface area contributed by atoms with E-state index in [1.54, 1.807) is 7.11 Å². The number of hydrogen-bond donors (Lipinski definition) is 1. The lowest BCUT2D eigenvalue weighted by Gasteiger charge is -2.21. The number of carbonyl (C=O) groups is 1. The van der Waals surface area contributed by atoms with Gasteiger partial charge in [0.2, 0.25) is 0 Å². The maximum absolute atomic E-state index is 11.0. The Hall–Kier alpha value is -0.570. The molecule has 0 saturated carbocycles. The van der Waals surface area contributed by atoms with Crippen molar-refractivity contribution in [3.8, 4) is 0 Å². The Bertz CT molecular complexity index is 340. The fourth-order valence-electron chi connectivity index (χ4n) is 2.60. The van der Waals surface area contributed by atoms with Crippen molar-refractivity contribution in [1.82, 2.24) is 10.2 Å². The Balaban J connectivity index is 0.00000441. The molecule has 7 heteroatoms. The summed E-state index contributed by atoms with van der Waals surface area (Å²) in [6.07, 6.45) is 4.60. The molecular formula is C15H30IN3O3. The van der Waals surface area contributed by atoms with Crippen molar-refractivity contribution >= 4 is 35.9 Å². The summed E-state index contributed by atoms with van der Waals surface area (Å²) in [5.74, 6) is 1.45. The van der Waals surface area contributed by atoms with Crippen molar-refractivity contribution < 1.29 is 14.3 Å². The van der Waals surface area contributed by atoms with Crippen LogP contribution in [0.2, 0.25) is 0 Å². The monoisotopic (exact) mass is 427 g/mol. The van der Waals surface area contributed by atoms with E-state index in [0.717, 1.165) is 57.9 Å². The lowest BCUT2D eigenvalue weighted by atomic mass is 10.1. The molecule has 1 aliphatic rings. The number of aliphatic imine (C=N–C) groups is 1. The molecule has 0 radical (unpaired) electrons. The van der Waals surface area contributed by atoms with Crippen molar-refractivity contribution in [2.75, 3.05) is 47.5 Å². The molecule has 1 rings (SSSR count). The van der Waals surface area contributed by atoms with E-state index in [1.807, 2.05) is 7.05 Å². The van der Waals surface area contributed by atoms with E-state index < -0.39 is 0 Å². The van der Waals surface area contributed by atoms with Gasteiger partial charge in [-0.15, -0.1) is 24.0 Å². The zero-order valence-corrected chi connectivity index (χ0v) is 16.3. The lowest BCUT2D eigenvalue weighted by Crippen LogP contribution is -2.40. The standard InChI is InChI=1S/C15H29N3O3.HI/c1-16-15(18-10-8-13(11-18)12-20-2)17-9-6-4-5-7-14(19)21-3;/h13H,4-12H2,1-3H3,(H,16,17);1H. The van der Waals surface area contributed by atoms with Crippen LogP contribution in [0, 0.1) is 5.92 Å². The van der Waals surface area contributed by atoms with Crippen LogP contribution in [0.1, 0.15) is 32.1 Å². The second-order valence-electron chi connectivity index (χ2n) is 5.42. The number of ether oxygens (including phenoxy) is 2. The molecule has 1 N–H and O–H groups in total. The van der Waals surface area contributed by atoms with E-state index in [1.165, 1.54) is 7.11 Å². The summed E-state index contributed by atoms with van der Waals surface area (Å²) in [6, 6.07) is 0. The van der Waals surface area contributed by atoms with Crippen LogP contribution < -0.4 is 5.32 Å². The van der Waals surface area contributed by atoms with Crippen molar-refractivity contribution in [3.05, 3.63) is 0 Å². The minimum Gasteiger partial charge on any atom is -0.469 e. The summed E-state index contributed by atoms with van der Waals surface area (Å²) in [6.45, 7) is 3.76. The SMILES string of the molecule is CN=C(NCCCCCC(=O)OC)N1CCC(COC)C1.I. The molecule has 1 saturated heterocycles. The van der Waals surface area contributed by atoms with Gasteiger partial charge in [-0.2, -0.15) is 0 Å². The molecular weight excluding hydrogens is 397 g/mol. The number of unbranched alkanes of at least 4 members (excludes halogenated alkanes) is 2. The van der Waals surface area contributed by atoms with Crippen LogP contribution in [0.3, 0.4) is 0 Å². The van der Waals surface area contributed by atoms with Crippen LogP contribution in [-0.4, -0.2) is 64.3 Å². The summed E-state index contributed by atoms with van der Waals surface area (Å²) in [7, 11) is 5.01. The first-order chi connectivity index (χ1) is 10.2. The molecule has 1 heterocycles. The molecule has 0 aliphatic carbocycles. The van der Waals surface area contributed by atoms with Crippen LogP contribution in [0.15, 0.2) is 4.99 Å². The second-order valence-corrected chi connectivity index (χ2v) is 5.42. The van der Waals surface area contributed by atoms with Gasteiger partial charge in [-0.3, -0.25) is 9.79 Å². The van der Waals surface area contributed by atoms with E-state index in [0.29, 0.717) is 12.3 Å². The number of methoxy groups -OCH3 is 2. The summed E-state index contributed by atoms with van der Waals surface area (Å²) in [4.78, 5) is 17.6.